The highest BCUT2D eigenvalue weighted by Crippen LogP contribution is 2.23. The molecule has 0 aliphatic carbocycles. The van der Waals surface area contributed by atoms with Crippen molar-refractivity contribution in [1.29, 1.82) is 0 Å². The third kappa shape index (κ3) is 2.99. The van der Waals surface area contributed by atoms with E-state index < -0.39 is 0 Å². The number of nitrogens with zero attached hydrogens (tertiary/aromatic N) is 2. The van der Waals surface area contributed by atoms with E-state index in [-0.39, 0.29) is 12.0 Å². The summed E-state index contributed by atoms with van der Waals surface area (Å²) in [6.45, 7) is 1.17. The quantitative estimate of drug-likeness (QED) is 0.551. The van der Waals surface area contributed by atoms with Gasteiger partial charge in [-0.1, -0.05) is 48.5 Å². The third-order valence-corrected chi connectivity index (χ3v) is 4.99. The van der Waals surface area contributed by atoms with Crippen LogP contribution in [0.5, 0.6) is 5.88 Å². The minimum atomic E-state index is -0.0110. The second kappa shape index (κ2) is 6.40. The lowest BCUT2D eigenvalue weighted by molar-refractivity contribution is 0.0161. The minimum Gasteiger partial charge on any atom is -0.471 e. The van der Waals surface area contributed by atoms with E-state index in [1.165, 1.54) is 0 Å². The molecule has 0 saturated carbocycles. The molecule has 1 aliphatic rings. The van der Waals surface area contributed by atoms with Crippen LogP contribution in [0.25, 0.3) is 21.7 Å². The smallest absolute Gasteiger partial charge is 0.254 e. The second-order valence-corrected chi connectivity index (χ2v) is 6.85. The van der Waals surface area contributed by atoms with Gasteiger partial charge >= 0.3 is 0 Å². The largest absolute Gasteiger partial charge is 0.471 e. The van der Waals surface area contributed by atoms with Crippen LogP contribution in [0.3, 0.4) is 0 Å². The molecule has 2 heterocycles. The van der Waals surface area contributed by atoms with E-state index in [0.717, 1.165) is 27.2 Å². The van der Waals surface area contributed by atoms with Crippen LogP contribution in [0.1, 0.15) is 10.4 Å². The Bertz CT molecular complexity index is 1150. The van der Waals surface area contributed by atoms with Gasteiger partial charge in [-0.05, 0) is 35.0 Å². The van der Waals surface area contributed by atoms with Crippen molar-refractivity contribution in [1.82, 2.24) is 9.88 Å². The molecule has 1 fully saturated rings. The molecule has 4 aromatic rings. The van der Waals surface area contributed by atoms with Gasteiger partial charge in [0.1, 0.15) is 6.10 Å². The van der Waals surface area contributed by atoms with Gasteiger partial charge in [-0.15, -0.1) is 0 Å². The zero-order valence-corrected chi connectivity index (χ0v) is 14.7. The van der Waals surface area contributed by atoms with Gasteiger partial charge in [0, 0.05) is 17.0 Å². The number of hydrogen-bond donors (Lipinski definition) is 0. The summed E-state index contributed by atoms with van der Waals surface area (Å²) in [7, 11) is 0. The Labute approximate surface area is 157 Å². The van der Waals surface area contributed by atoms with Crippen molar-refractivity contribution in [2.75, 3.05) is 13.1 Å². The SMILES string of the molecule is O=C(c1ccc2ccccc2c1)N1CC(Oc2ccc3ccccc3n2)C1. The number of pyridine rings is 1. The number of carbonyl (C=O) groups is 1. The van der Waals surface area contributed by atoms with Gasteiger partial charge in [-0.3, -0.25) is 4.79 Å². The Hall–Kier alpha value is -3.40. The fourth-order valence-corrected chi connectivity index (χ4v) is 3.47. The molecule has 0 bridgehead atoms. The fraction of sp³-hybridized carbons (Fsp3) is 0.130. The molecule has 4 nitrogen and oxygen atoms in total. The maximum atomic E-state index is 12.7. The molecule has 0 spiro atoms. The maximum Gasteiger partial charge on any atom is 0.254 e. The average molecular weight is 354 g/mol. The Kier molecular flexibility index (Phi) is 3.75. The predicted octanol–water partition coefficient (Wildman–Crippen LogP) is 4.29. The first-order chi connectivity index (χ1) is 13.3. The summed E-state index contributed by atoms with van der Waals surface area (Å²) in [6, 6.07) is 25.8. The molecule has 1 amide bonds. The average Bonchev–Trinajstić information content (AvgIpc) is 2.69. The topological polar surface area (TPSA) is 42.4 Å². The normalized spacial score (nSPS) is 14.3. The number of benzene rings is 3. The van der Waals surface area contributed by atoms with Gasteiger partial charge in [-0.2, -0.15) is 0 Å². The number of amides is 1. The highest BCUT2D eigenvalue weighted by Gasteiger charge is 2.33. The van der Waals surface area contributed by atoms with Gasteiger partial charge in [0.25, 0.3) is 5.91 Å². The molecule has 0 radical (unpaired) electrons. The monoisotopic (exact) mass is 354 g/mol. The molecule has 27 heavy (non-hydrogen) atoms. The van der Waals surface area contributed by atoms with Crippen LogP contribution in [0.2, 0.25) is 0 Å². The van der Waals surface area contributed by atoms with Crippen LogP contribution in [0, 0.1) is 0 Å². The number of carbonyl (C=O) groups excluding carboxylic acids is 1. The summed E-state index contributed by atoms with van der Waals surface area (Å²) < 4.78 is 5.94. The molecular weight excluding hydrogens is 336 g/mol. The predicted molar refractivity (Wildman–Crippen MR) is 106 cm³/mol. The lowest BCUT2D eigenvalue weighted by atomic mass is 10.0. The highest BCUT2D eigenvalue weighted by molar-refractivity contribution is 5.99. The number of fused-ring (bicyclic) bond motifs is 2. The van der Waals surface area contributed by atoms with E-state index in [0.29, 0.717) is 19.0 Å². The summed E-state index contributed by atoms with van der Waals surface area (Å²) in [4.78, 5) is 19.0. The lowest BCUT2D eigenvalue weighted by Crippen LogP contribution is -2.56. The van der Waals surface area contributed by atoms with Gasteiger partial charge in [0.15, 0.2) is 0 Å². The van der Waals surface area contributed by atoms with Crippen LogP contribution < -0.4 is 4.74 Å². The van der Waals surface area contributed by atoms with E-state index in [2.05, 4.69) is 4.98 Å². The molecular formula is C23H18N2O2. The Morgan fingerprint density at radius 1 is 0.852 bits per heavy atom. The molecule has 1 aliphatic heterocycles. The van der Waals surface area contributed by atoms with Gasteiger partial charge in [0.2, 0.25) is 5.88 Å². The van der Waals surface area contributed by atoms with Crippen molar-refractivity contribution in [3.05, 3.63) is 84.4 Å². The first kappa shape index (κ1) is 15.8. The third-order valence-electron chi connectivity index (χ3n) is 4.99. The first-order valence-electron chi connectivity index (χ1n) is 9.07. The Morgan fingerprint density at radius 3 is 2.41 bits per heavy atom. The van der Waals surface area contributed by atoms with Crippen molar-refractivity contribution in [3.63, 3.8) is 0 Å². The zero-order chi connectivity index (χ0) is 18.2. The van der Waals surface area contributed by atoms with E-state index in [4.69, 9.17) is 4.74 Å². The molecule has 0 N–H and O–H groups in total. The minimum absolute atomic E-state index is 0.0110. The highest BCUT2D eigenvalue weighted by atomic mass is 16.5. The van der Waals surface area contributed by atoms with Crippen LogP contribution >= 0.6 is 0 Å². The van der Waals surface area contributed by atoms with E-state index >= 15 is 0 Å². The number of ether oxygens (including phenoxy) is 1. The fourth-order valence-electron chi connectivity index (χ4n) is 3.47. The molecule has 1 saturated heterocycles. The molecule has 4 heteroatoms. The zero-order valence-electron chi connectivity index (χ0n) is 14.7. The van der Waals surface area contributed by atoms with E-state index in [1.807, 2.05) is 83.8 Å². The van der Waals surface area contributed by atoms with Gasteiger partial charge in [-0.25, -0.2) is 4.98 Å². The number of para-hydroxylation sites is 1. The summed E-state index contributed by atoms with van der Waals surface area (Å²) >= 11 is 0. The Balaban J connectivity index is 1.25. The molecule has 0 unspecified atom stereocenters. The molecule has 0 atom stereocenters. The Morgan fingerprint density at radius 2 is 1.56 bits per heavy atom. The summed E-state index contributed by atoms with van der Waals surface area (Å²) in [5.41, 5.74) is 1.63. The first-order valence-corrected chi connectivity index (χ1v) is 9.07. The number of aromatic nitrogens is 1. The van der Waals surface area contributed by atoms with Crippen molar-refractivity contribution >= 4 is 27.6 Å². The summed E-state index contributed by atoms with van der Waals surface area (Å²) in [5, 5.41) is 3.31. The molecule has 5 rings (SSSR count). The van der Waals surface area contributed by atoms with Crippen LogP contribution in [-0.2, 0) is 0 Å². The number of rotatable bonds is 3. The van der Waals surface area contributed by atoms with Crippen molar-refractivity contribution in [2.45, 2.75) is 6.10 Å². The van der Waals surface area contributed by atoms with E-state index in [1.54, 1.807) is 0 Å². The van der Waals surface area contributed by atoms with Gasteiger partial charge < -0.3 is 9.64 Å². The number of likely N-dealkylation sites (tertiary alicyclic amines) is 1. The summed E-state index contributed by atoms with van der Waals surface area (Å²) in [6.07, 6.45) is -0.0110. The van der Waals surface area contributed by atoms with Crippen LogP contribution in [-0.4, -0.2) is 35.0 Å². The van der Waals surface area contributed by atoms with Crippen molar-refractivity contribution in [2.24, 2.45) is 0 Å². The van der Waals surface area contributed by atoms with Crippen LogP contribution in [0.4, 0.5) is 0 Å². The molecule has 3 aromatic carbocycles. The second-order valence-electron chi connectivity index (χ2n) is 6.85. The number of hydrogen-bond acceptors (Lipinski definition) is 3. The standard InChI is InChI=1S/C23H18N2O2/c26-23(19-10-9-16-5-1-2-7-18(16)13-19)25-14-20(15-25)27-22-12-11-17-6-3-4-8-21(17)24-22/h1-13,20H,14-15H2. The van der Waals surface area contributed by atoms with E-state index in [9.17, 15) is 4.79 Å². The summed E-state index contributed by atoms with van der Waals surface area (Å²) in [5.74, 6) is 0.656. The molecule has 1 aromatic heterocycles. The van der Waals surface area contributed by atoms with Crippen molar-refractivity contribution < 1.29 is 9.53 Å². The molecule has 132 valence electrons. The van der Waals surface area contributed by atoms with Crippen molar-refractivity contribution in [3.8, 4) is 5.88 Å². The lowest BCUT2D eigenvalue weighted by Gasteiger charge is -2.38. The van der Waals surface area contributed by atoms with Crippen LogP contribution in [0.15, 0.2) is 78.9 Å². The van der Waals surface area contributed by atoms with Gasteiger partial charge in [0.05, 0.1) is 18.6 Å². The maximum absolute atomic E-state index is 12.7.